The largest absolute Gasteiger partial charge is 0.374 e. The van der Waals surface area contributed by atoms with Gasteiger partial charge in [-0.1, -0.05) is 11.2 Å². The molecular formula is C17H23N3O2S. The Morgan fingerprint density at radius 2 is 2.22 bits per heavy atom. The van der Waals surface area contributed by atoms with Gasteiger partial charge in [-0.05, 0) is 25.3 Å². The van der Waals surface area contributed by atoms with Gasteiger partial charge in [0.05, 0.1) is 24.4 Å². The van der Waals surface area contributed by atoms with Gasteiger partial charge in [-0.3, -0.25) is 9.80 Å². The highest BCUT2D eigenvalue weighted by Gasteiger charge is 2.40. The van der Waals surface area contributed by atoms with E-state index >= 15 is 0 Å². The first-order valence-corrected chi connectivity index (χ1v) is 9.11. The predicted molar refractivity (Wildman–Crippen MR) is 89.5 cm³/mol. The van der Waals surface area contributed by atoms with Crippen LogP contribution in [0, 0.1) is 13.8 Å². The van der Waals surface area contributed by atoms with E-state index in [1.165, 1.54) is 10.4 Å². The van der Waals surface area contributed by atoms with E-state index in [-0.39, 0.29) is 0 Å². The normalized spacial score (nSPS) is 25.8. The summed E-state index contributed by atoms with van der Waals surface area (Å²) >= 11 is 1.83. The number of likely N-dealkylation sites (tertiary alicyclic amines) is 1. The smallest absolute Gasteiger partial charge is 0.138 e. The lowest BCUT2D eigenvalue weighted by Gasteiger charge is -2.36. The van der Waals surface area contributed by atoms with Gasteiger partial charge in [0.1, 0.15) is 5.76 Å². The van der Waals surface area contributed by atoms with Gasteiger partial charge < -0.3 is 9.26 Å². The molecule has 4 heterocycles. The molecule has 4 rings (SSSR count). The first-order valence-electron chi connectivity index (χ1n) is 8.23. The Morgan fingerprint density at radius 3 is 2.96 bits per heavy atom. The molecule has 0 radical (unpaired) electrons. The van der Waals surface area contributed by atoms with Crippen molar-refractivity contribution < 1.29 is 9.26 Å². The second-order valence-corrected chi connectivity index (χ2v) is 7.56. The van der Waals surface area contributed by atoms with Crippen molar-refractivity contribution in [3.8, 4) is 0 Å². The lowest BCUT2D eigenvalue weighted by atomic mass is 10.1. The van der Waals surface area contributed by atoms with Crippen molar-refractivity contribution in [3.63, 3.8) is 0 Å². The van der Waals surface area contributed by atoms with Gasteiger partial charge in [0, 0.05) is 43.2 Å². The summed E-state index contributed by atoms with van der Waals surface area (Å²) < 4.78 is 11.4. The SMILES string of the molecule is Cc1noc(C)c1CN1CCO[C@H]2CN(Cc3cccs3)C[C@H]21. The number of hydrogen-bond acceptors (Lipinski definition) is 6. The maximum atomic E-state index is 6.04. The van der Waals surface area contributed by atoms with Crippen molar-refractivity contribution >= 4 is 11.3 Å². The summed E-state index contributed by atoms with van der Waals surface area (Å²) in [7, 11) is 0. The number of ether oxygens (including phenoxy) is 1. The molecule has 2 fully saturated rings. The van der Waals surface area contributed by atoms with Crippen molar-refractivity contribution in [1.29, 1.82) is 0 Å². The zero-order chi connectivity index (χ0) is 15.8. The van der Waals surface area contributed by atoms with Crippen molar-refractivity contribution in [2.45, 2.75) is 39.1 Å². The molecule has 0 N–H and O–H groups in total. The number of rotatable bonds is 4. The zero-order valence-corrected chi connectivity index (χ0v) is 14.5. The molecule has 2 aromatic heterocycles. The summed E-state index contributed by atoms with van der Waals surface area (Å²) in [5.74, 6) is 0.944. The first kappa shape index (κ1) is 15.3. The minimum Gasteiger partial charge on any atom is -0.374 e. The van der Waals surface area contributed by atoms with Crippen molar-refractivity contribution in [1.82, 2.24) is 15.0 Å². The molecule has 0 aliphatic carbocycles. The van der Waals surface area contributed by atoms with E-state index in [1.807, 2.05) is 25.2 Å². The second kappa shape index (κ2) is 6.36. The van der Waals surface area contributed by atoms with Crippen LogP contribution in [0.2, 0.25) is 0 Å². The fraction of sp³-hybridized carbons (Fsp3) is 0.588. The molecular weight excluding hydrogens is 310 g/mol. The molecule has 0 spiro atoms. The lowest BCUT2D eigenvalue weighted by molar-refractivity contribution is -0.0506. The number of aryl methyl sites for hydroxylation is 2. The van der Waals surface area contributed by atoms with Crippen LogP contribution < -0.4 is 0 Å². The minimum atomic E-state index is 0.323. The topological polar surface area (TPSA) is 41.7 Å². The summed E-state index contributed by atoms with van der Waals surface area (Å²) in [6, 6.07) is 4.82. The molecule has 5 nitrogen and oxygen atoms in total. The third-order valence-corrected chi connectivity index (χ3v) is 5.86. The third-order valence-electron chi connectivity index (χ3n) is 4.99. The zero-order valence-electron chi connectivity index (χ0n) is 13.7. The number of hydrogen-bond donors (Lipinski definition) is 0. The number of aromatic nitrogens is 1. The summed E-state index contributed by atoms with van der Waals surface area (Å²) in [6.07, 6.45) is 0.323. The summed E-state index contributed by atoms with van der Waals surface area (Å²) in [6.45, 7) is 9.89. The van der Waals surface area contributed by atoms with Gasteiger partial charge in [0.2, 0.25) is 0 Å². The van der Waals surface area contributed by atoms with Crippen molar-refractivity contribution in [2.24, 2.45) is 0 Å². The maximum Gasteiger partial charge on any atom is 0.138 e. The standard InChI is InChI=1S/C17H23N3O2S/c1-12-15(13(2)22-18-12)9-20-5-6-21-17-11-19(10-16(17)20)8-14-4-3-7-23-14/h3-4,7,16-17H,5-6,8-11H2,1-2H3/t16-,17+/m1/s1. The highest BCUT2D eigenvalue weighted by atomic mass is 32.1. The van der Waals surface area contributed by atoms with E-state index in [0.29, 0.717) is 12.1 Å². The Kier molecular flexibility index (Phi) is 4.24. The molecule has 2 aromatic rings. The molecule has 0 saturated carbocycles. The van der Waals surface area contributed by atoms with Crippen LogP contribution >= 0.6 is 11.3 Å². The molecule has 23 heavy (non-hydrogen) atoms. The molecule has 0 bridgehead atoms. The van der Waals surface area contributed by atoms with E-state index in [2.05, 4.69) is 32.5 Å². The van der Waals surface area contributed by atoms with Crippen molar-refractivity contribution in [2.75, 3.05) is 26.2 Å². The summed E-state index contributed by atoms with van der Waals surface area (Å²) in [5.41, 5.74) is 2.25. The average molecular weight is 333 g/mol. The Bertz CT molecular complexity index is 635. The molecule has 2 atom stereocenters. The van der Waals surface area contributed by atoms with Crippen LogP contribution in [0.5, 0.6) is 0 Å². The van der Waals surface area contributed by atoms with Crippen LogP contribution in [0.3, 0.4) is 0 Å². The second-order valence-electron chi connectivity index (χ2n) is 6.52. The Morgan fingerprint density at radius 1 is 1.30 bits per heavy atom. The molecule has 2 aliphatic rings. The van der Waals surface area contributed by atoms with E-state index in [0.717, 1.165) is 50.8 Å². The molecule has 0 amide bonds. The lowest BCUT2D eigenvalue weighted by Crippen LogP contribution is -2.50. The fourth-order valence-electron chi connectivity index (χ4n) is 3.71. The number of morpholine rings is 1. The molecule has 0 aromatic carbocycles. The van der Waals surface area contributed by atoms with Crippen LogP contribution in [0.25, 0.3) is 0 Å². The maximum absolute atomic E-state index is 6.04. The van der Waals surface area contributed by atoms with Crippen LogP contribution in [-0.4, -0.2) is 53.3 Å². The predicted octanol–water partition coefficient (Wildman–Crippen LogP) is 2.44. The Labute approximate surface area is 140 Å². The van der Waals surface area contributed by atoms with Gasteiger partial charge in [-0.15, -0.1) is 11.3 Å². The Balaban J connectivity index is 1.45. The number of fused-ring (bicyclic) bond motifs is 1. The minimum absolute atomic E-state index is 0.323. The average Bonchev–Trinajstić information content (AvgIpc) is 3.25. The number of nitrogens with zero attached hydrogens (tertiary/aromatic N) is 3. The summed E-state index contributed by atoms with van der Waals surface area (Å²) in [5, 5.41) is 6.24. The summed E-state index contributed by atoms with van der Waals surface area (Å²) in [4.78, 5) is 6.50. The van der Waals surface area contributed by atoms with Crippen LogP contribution in [-0.2, 0) is 17.8 Å². The van der Waals surface area contributed by atoms with E-state index in [4.69, 9.17) is 9.26 Å². The van der Waals surface area contributed by atoms with E-state index < -0.39 is 0 Å². The van der Waals surface area contributed by atoms with Crippen molar-refractivity contribution in [3.05, 3.63) is 39.4 Å². The molecule has 2 saturated heterocycles. The van der Waals surface area contributed by atoms with Crippen LogP contribution in [0.4, 0.5) is 0 Å². The van der Waals surface area contributed by atoms with Gasteiger partial charge in [0.25, 0.3) is 0 Å². The van der Waals surface area contributed by atoms with Crippen LogP contribution in [0.1, 0.15) is 21.9 Å². The molecule has 6 heteroatoms. The number of thiophene rings is 1. The van der Waals surface area contributed by atoms with Gasteiger partial charge >= 0.3 is 0 Å². The van der Waals surface area contributed by atoms with Gasteiger partial charge in [-0.25, -0.2) is 0 Å². The van der Waals surface area contributed by atoms with Gasteiger partial charge in [0.15, 0.2) is 0 Å². The van der Waals surface area contributed by atoms with Crippen LogP contribution in [0.15, 0.2) is 22.0 Å². The molecule has 0 unspecified atom stereocenters. The fourth-order valence-corrected chi connectivity index (χ4v) is 4.46. The first-order chi connectivity index (χ1) is 11.2. The highest BCUT2D eigenvalue weighted by Crippen LogP contribution is 2.27. The molecule has 124 valence electrons. The third kappa shape index (κ3) is 3.08. The van der Waals surface area contributed by atoms with Gasteiger partial charge in [-0.2, -0.15) is 0 Å². The monoisotopic (exact) mass is 333 g/mol. The Hall–Kier alpha value is -1.21. The van der Waals surface area contributed by atoms with E-state index in [9.17, 15) is 0 Å². The highest BCUT2D eigenvalue weighted by molar-refractivity contribution is 7.09. The quantitative estimate of drug-likeness (QED) is 0.860. The van der Waals surface area contributed by atoms with E-state index in [1.54, 1.807) is 0 Å². The molecule has 2 aliphatic heterocycles.